The third-order valence-corrected chi connectivity index (χ3v) is 4.51. The highest BCUT2D eigenvalue weighted by Gasteiger charge is 2.34. The zero-order valence-electron chi connectivity index (χ0n) is 11.8. The SMILES string of the molecule is CC(C)CCN1CCCNC2(CCCCC2)C1. The number of nitrogens with zero attached hydrogens (tertiary/aromatic N) is 1. The van der Waals surface area contributed by atoms with E-state index in [-0.39, 0.29) is 0 Å². The van der Waals surface area contributed by atoms with Gasteiger partial charge in [-0.15, -0.1) is 0 Å². The highest BCUT2D eigenvalue weighted by molar-refractivity contribution is 4.95. The van der Waals surface area contributed by atoms with Gasteiger partial charge in [0.05, 0.1) is 0 Å². The molecular weight excluding hydrogens is 208 g/mol. The molecule has 1 aliphatic heterocycles. The molecule has 17 heavy (non-hydrogen) atoms. The minimum absolute atomic E-state index is 0.478. The van der Waals surface area contributed by atoms with Crippen LogP contribution in [0.2, 0.25) is 0 Å². The van der Waals surface area contributed by atoms with E-state index in [4.69, 9.17) is 0 Å². The van der Waals surface area contributed by atoms with Gasteiger partial charge in [0.15, 0.2) is 0 Å². The third-order valence-electron chi connectivity index (χ3n) is 4.51. The first-order valence-corrected chi connectivity index (χ1v) is 7.68. The molecule has 1 N–H and O–H groups in total. The Labute approximate surface area is 107 Å². The first-order valence-electron chi connectivity index (χ1n) is 7.68. The summed E-state index contributed by atoms with van der Waals surface area (Å²) in [6, 6.07) is 0. The molecule has 0 aromatic rings. The van der Waals surface area contributed by atoms with E-state index in [9.17, 15) is 0 Å². The summed E-state index contributed by atoms with van der Waals surface area (Å²) in [6.45, 7) is 9.83. The highest BCUT2D eigenvalue weighted by Crippen LogP contribution is 2.30. The van der Waals surface area contributed by atoms with E-state index in [2.05, 4.69) is 24.1 Å². The molecule has 0 unspecified atom stereocenters. The molecule has 0 atom stereocenters. The summed E-state index contributed by atoms with van der Waals surface area (Å²) in [7, 11) is 0. The lowest BCUT2D eigenvalue weighted by Crippen LogP contribution is -2.52. The van der Waals surface area contributed by atoms with E-state index in [0.29, 0.717) is 5.54 Å². The fourth-order valence-electron chi connectivity index (χ4n) is 3.41. The van der Waals surface area contributed by atoms with Crippen molar-refractivity contribution in [3.63, 3.8) is 0 Å². The first-order chi connectivity index (χ1) is 8.20. The molecule has 2 rings (SSSR count). The molecule has 1 spiro atoms. The van der Waals surface area contributed by atoms with E-state index in [0.717, 1.165) is 5.92 Å². The molecule has 0 aromatic heterocycles. The number of hydrogen-bond donors (Lipinski definition) is 1. The van der Waals surface area contributed by atoms with Crippen molar-refractivity contribution in [3.8, 4) is 0 Å². The molecule has 2 nitrogen and oxygen atoms in total. The van der Waals surface area contributed by atoms with Gasteiger partial charge < -0.3 is 10.2 Å². The van der Waals surface area contributed by atoms with E-state index >= 15 is 0 Å². The van der Waals surface area contributed by atoms with Crippen LogP contribution in [0.25, 0.3) is 0 Å². The second kappa shape index (κ2) is 6.19. The highest BCUT2D eigenvalue weighted by atomic mass is 15.2. The summed E-state index contributed by atoms with van der Waals surface area (Å²) in [5.74, 6) is 0.841. The molecule has 1 aliphatic carbocycles. The molecule has 0 bridgehead atoms. The molecule has 100 valence electrons. The summed E-state index contributed by atoms with van der Waals surface area (Å²) >= 11 is 0. The van der Waals surface area contributed by atoms with Gasteiger partial charge in [-0.1, -0.05) is 33.1 Å². The van der Waals surface area contributed by atoms with Crippen LogP contribution < -0.4 is 5.32 Å². The van der Waals surface area contributed by atoms with Gasteiger partial charge in [-0.2, -0.15) is 0 Å². The largest absolute Gasteiger partial charge is 0.310 e. The van der Waals surface area contributed by atoms with E-state index in [1.807, 2.05) is 0 Å². The molecular formula is C15H30N2. The Morgan fingerprint density at radius 2 is 1.88 bits per heavy atom. The Morgan fingerprint density at radius 3 is 2.59 bits per heavy atom. The standard InChI is InChI=1S/C15H30N2/c1-14(2)7-12-17-11-6-10-16-15(13-17)8-4-3-5-9-15/h14,16H,3-13H2,1-2H3. The molecule has 1 saturated heterocycles. The third kappa shape index (κ3) is 3.96. The molecule has 2 aliphatic rings. The maximum Gasteiger partial charge on any atom is 0.0308 e. The van der Waals surface area contributed by atoms with Crippen molar-refractivity contribution in [1.29, 1.82) is 0 Å². The fourth-order valence-corrected chi connectivity index (χ4v) is 3.41. The van der Waals surface area contributed by atoms with Gasteiger partial charge in [0, 0.05) is 12.1 Å². The predicted octanol–water partition coefficient (Wildman–Crippen LogP) is 3.03. The van der Waals surface area contributed by atoms with Crippen molar-refractivity contribution >= 4 is 0 Å². The Bertz CT molecular complexity index is 219. The second-order valence-electron chi connectivity index (χ2n) is 6.58. The van der Waals surface area contributed by atoms with Crippen LogP contribution >= 0.6 is 0 Å². The van der Waals surface area contributed by atoms with Gasteiger partial charge in [0.2, 0.25) is 0 Å². The fraction of sp³-hybridized carbons (Fsp3) is 1.00. The number of hydrogen-bond acceptors (Lipinski definition) is 2. The van der Waals surface area contributed by atoms with Crippen molar-refractivity contribution in [3.05, 3.63) is 0 Å². The van der Waals surface area contributed by atoms with Crippen LogP contribution in [0.4, 0.5) is 0 Å². The monoisotopic (exact) mass is 238 g/mol. The zero-order chi connectivity index (χ0) is 12.1. The quantitative estimate of drug-likeness (QED) is 0.813. The molecule has 1 saturated carbocycles. The van der Waals surface area contributed by atoms with Crippen LogP contribution in [-0.4, -0.2) is 36.6 Å². The van der Waals surface area contributed by atoms with Crippen LogP contribution in [0.15, 0.2) is 0 Å². The summed E-state index contributed by atoms with van der Waals surface area (Å²) in [4.78, 5) is 2.73. The topological polar surface area (TPSA) is 15.3 Å². The van der Waals surface area contributed by atoms with Gasteiger partial charge in [-0.3, -0.25) is 0 Å². The first kappa shape index (κ1) is 13.4. The molecule has 2 heteroatoms. The predicted molar refractivity (Wildman–Crippen MR) is 74.3 cm³/mol. The molecule has 2 fully saturated rings. The minimum Gasteiger partial charge on any atom is -0.310 e. The van der Waals surface area contributed by atoms with Crippen molar-refractivity contribution in [2.45, 2.75) is 64.3 Å². The smallest absolute Gasteiger partial charge is 0.0308 e. The maximum atomic E-state index is 3.87. The Morgan fingerprint density at radius 1 is 1.12 bits per heavy atom. The Kier molecular flexibility index (Phi) is 4.87. The summed E-state index contributed by atoms with van der Waals surface area (Å²) < 4.78 is 0. The maximum absolute atomic E-state index is 3.87. The van der Waals surface area contributed by atoms with Crippen LogP contribution in [0, 0.1) is 5.92 Å². The Balaban J connectivity index is 1.89. The van der Waals surface area contributed by atoms with Gasteiger partial charge >= 0.3 is 0 Å². The molecule has 1 heterocycles. The summed E-state index contributed by atoms with van der Waals surface area (Å²) in [5.41, 5.74) is 0.478. The zero-order valence-corrected chi connectivity index (χ0v) is 11.8. The lowest BCUT2D eigenvalue weighted by atomic mass is 9.81. The van der Waals surface area contributed by atoms with Crippen molar-refractivity contribution in [2.24, 2.45) is 5.92 Å². The van der Waals surface area contributed by atoms with Crippen molar-refractivity contribution in [1.82, 2.24) is 10.2 Å². The van der Waals surface area contributed by atoms with E-state index in [1.165, 1.54) is 71.1 Å². The van der Waals surface area contributed by atoms with Crippen LogP contribution in [0.3, 0.4) is 0 Å². The summed E-state index contributed by atoms with van der Waals surface area (Å²) in [5, 5.41) is 3.87. The average Bonchev–Trinajstić information content (AvgIpc) is 2.50. The van der Waals surface area contributed by atoms with Crippen LogP contribution in [0.5, 0.6) is 0 Å². The number of nitrogens with one attached hydrogen (secondary N) is 1. The second-order valence-corrected chi connectivity index (χ2v) is 6.58. The van der Waals surface area contributed by atoms with Gasteiger partial charge in [0.1, 0.15) is 0 Å². The van der Waals surface area contributed by atoms with Gasteiger partial charge in [0.25, 0.3) is 0 Å². The van der Waals surface area contributed by atoms with Gasteiger partial charge in [-0.05, 0) is 51.2 Å². The molecule has 0 radical (unpaired) electrons. The Hall–Kier alpha value is -0.0800. The molecule has 0 amide bonds. The number of rotatable bonds is 3. The lowest BCUT2D eigenvalue weighted by Gasteiger charge is -2.40. The average molecular weight is 238 g/mol. The molecule has 0 aromatic carbocycles. The normalized spacial score (nSPS) is 26.3. The van der Waals surface area contributed by atoms with Crippen LogP contribution in [0.1, 0.15) is 58.8 Å². The van der Waals surface area contributed by atoms with Crippen LogP contribution in [-0.2, 0) is 0 Å². The van der Waals surface area contributed by atoms with E-state index in [1.54, 1.807) is 0 Å². The van der Waals surface area contributed by atoms with Gasteiger partial charge in [-0.25, -0.2) is 0 Å². The van der Waals surface area contributed by atoms with Crippen molar-refractivity contribution < 1.29 is 0 Å². The lowest BCUT2D eigenvalue weighted by molar-refractivity contribution is 0.159. The van der Waals surface area contributed by atoms with E-state index < -0.39 is 0 Å². The van der Waals surface area contributed by atoms with Crippen molar-refractivity contribution in [2.75, 3.05) is 26.2 Å². The minimum atomic E-state index is 0.478. The summed E-state index contributed by atoms with van der Waals surface area (Å²) in [6.07, 6.45) is 9.83.